The Morgan fingerprint density at radius 1 is 1.08 bits per heavy atom. The number of hydrogen-bond donors (Lipinski definition) is 2. The van der Waals surface area contributed by atoms with Crippen LogP contribution >= 0.6 is 35.4 Å². The highest BCUT2D eigenvalue weighted by Crippen LogP contribution is 2.34. The summed E-state index contributed by atoms with van der Waals surface area (Å²) in [6, 6.07) is 15.0. The van der Waals surface area contributed by atoms with Crippen LogP contribution < -0.4 is 15.5 Å². The number of piperazine rings is 1. The zero-order valence-corrected chi connectivity index (χ0v) is 22.5. The van der Waals surface area contributed by atoms with Crippen LogP contribution in [0.2, 0.25) is 10.0 Å². The molecule has 0 aliphatic carbocycles. The van der Waals surface area contributed by atoms with Gasteiger partial charge in [0.2, 0.25) is 5.91 Å². The van der Waals surface area contributed by atoms with Crippen molar-refractivity contribution in [1.29, 1.82) is 0 Å². The smallest absolute Gasteiger partial charge is 0.250 e. The molecule has 188 valence electrons. The number of amides is 1. The van der Waals surface area contributed by atoms with Gasteiger partial charge >= 0.3 is 0 Å². The van der Waals surface area contributed by atoms with Crippen molar-refractivity contribution in [2.24, 2.45) is 0 Å². The highest BCUT2D eigenvalue weighted by Gasteiger charge is 2.21. The van der Waals surface area contributed by atoms with Crippen LogP contribution in [0, 0.1) is 6.92 Å². The third-order valence-corrected chi connectivity index (χ3v) is 7.01. The number of thiocarbonyl (C=S) groups is 1. The van der Waals surface area contributed by atoms with Gasteiger partial charge in [0.1, 0.15) is 11.5 Å². The number of aryl methyl sites for hydroxylation is 1. The molecule has 2 heterocycles. The first kappa shape index (κ1) is 26.2. The second kappa shape index (κ2) is 11.9. The largest absolute Gasteiger partial charge is 0.457 e. The Hall–Kier alpha value is -2.84. The van der Waals surface area contributed by atoms with E-state index in [1.165, 1.54) is 6.08 Å². The van der Waals surface area contributed by atoms with Crippen LogP contribution in [-0.2, 0) is 4.79 Å². The summed E-state index contributed by atoms with van der Waals surface area (Å²) < 4.78 is 5.83. The summed E-state index contributed by atoms with van der Waals surface area (Å²) in [4.78, 5) is 17.1. The normalized spacial score (nSPS) is 14.3. The molecule has 0 radical (unpaired) electrons. The molecule has 1 fully saturated rings. The molecule has 0 atom stereocenters. The second-order valence-corrected chi connectivity index (χ2v) is 9.72. The van der Waals surface area contributed by atoms with E-state index in [1.54, 1.807) is 12.1 Å². The Morgan fingerprint density at radius 2 is 1.86 bits per heavy atom. The molecule has 1 amide bonds. The van der Waals surface area contributed by atoms with Crippen molar-refractivity contribution in [2.75, 3.05) is 42.9 Å². The van der Waals surface area contributed by atoms with E-state index < -0.39 is 0 Å². The van der Waals surface area contributed by atoms with Crippen LogP contribution in [0.1, 0.15) is 18.2 Å². The summed E-state index contributed by atoms with van der Waals surface area (Å²) in [6.07, 6.45) is 2.97. The number of nitrogens with one attached hydrogen (secondary N) is 2. The number of anilines is 2. The first-order valence-electron chi connectivity index (χ1n) is 11.8. The Labute approximate surface area is 226 Å². The first-order valence-corrected chi connectivity index (χ1v) is 12.9. The van der Waals surface area contributed by atoms with Crippen molar-refractivity contribution in [2.45, 2.75) is 13.8 Å². The van der Waals surface area contributed by atoms with Gasteiger partial charge in [-0.2, -0.15) is 0 Å². The molecule has 9 heteroatoms. The predicted octanol–water partition coefficient (Wildman–Crippen LogP) is 6.23. The molecule has 4 rings (SSSR count). The zero-order chi connectivity index (χ0) is 25.7. The number of carbonyl (C=O) groups excluding carboxylic acids is 1. The van der Waals surface area contributed by atoms with Crippen molar-refractivity contribution in [3.63, 3.8) is 0 Å². The molecular formula is C27H28Cl2N4O2S. The fraction of sp³-hybridized carbons (Fsp3) is 0.259. The molecule has 2 N–H and O–H groups in total. The van der Waals surface area contributed by atoms with Crippen molar-refractivity contribution in [3.05, 3.63) is 76.0 Å². The fourth-order valence-electron chi connectivity index (χ4n) is 4.03. The van der Waals surface area contributed by atoms with E-state index in [0.29, 0.717) is 21.6 Å². The monoisotopic (exact) mass is 542 g/mol. The van der Waals surface area contributed by atoms with Gasteiger partial charge in [0, 0.05) is 42.8 Å². The standard InChI is InChI=1S/C27H28Cl2N4O2S/c1-3-32-13-15-33(16-14-32)26-21(28)5-4-6-23(26)30-27(36)31-25(34)12-10-20-9-11-24(35-20)19-8-7-18(2)22(29)17-19/h4-12,17H,3,13-16H2,1-2H3,(H2,30,31,34,36)/b12-10+. The van der Waals surface area contributed by atoms with Gasteiger partial charge in [0.05, 0.1) is 16.4 Å². The molecule has 1 saturated heterocycles. The molecule has 0 spiro atoms. The third kappa shape index (κ3) is 6.48. The highest BCUT2D eigenvalue weighted by atomic mass is 35.5. The van der Waals surface area contributed by atoms with E-state index in [4.69, 9.17) is 39.8 Å². The zero-order valence-electron chi connectivity index (χ0n) is 20.2. The van der Waals surface area contributed by atoms with Gasteiger partial charge in [0.15, 0.2) is 5.11 Å². The van der Waals surface area contributed by atoms with Gasteiger partial charge in [-0.3, -0.25) is 10.1 Å². The molecule has 0 saturated carbocycles. The highest BCUT2D eigenvalue weighted by molar-refractivity contribution is 7.80. The molecule has 0 bridgehead atoms. The maximum absolute atomic E-state index is 12.5. The molecule has 0 unspecified atom stereocenters. The first-order chi connectivity index (χ1) is 17.3. The molecule has 3 aromatic rings. The lowest BCUT2D eigenvalue weighted by atomic mass is 10.1. The molecule has 36 heavy (non-hydrogen) atoms. The molecular weight excluding hydrogens is 515 g/mol. The number of nitrogens with zero attached hydrogens (tertiary/aromatic N) is 2. The van der Waals surface area contributed by atoms with E-state index in [2.05, 4.69) is 27.4 Å². The molecule has 1 aliphatic heterocycles. The predicted molar refractivity (Wildman–Crippen MR) is 153 cm³/mol. The minimum absolute atomic E-state index is 0.190. The van der Waals surface area contributed by atoms with Gasteiger partial charge in [-0.05, 0) is 67.7 Å². The topological polar surface area (TPSA) is 60.8 Å². The summed E-state index contributed by atoms with van der Waals surface area (Å²) in [5, 5.41) is 7.31. The molecule has 2 aromatic carbocycles. The quantitative estimate of drug-likeness (QED) is 0.284. The average Bonchev–Trinajstić information content (AvgIpc) is 3.34. The van der Waals surface area contributed by atoms with Gasteiger partial charge in [-0.1, -0.05) is 48.3 Å². The van der Waals surface area contributed by atoms with E-state index in [9.17, 15) is 4.79 Å². The molecule has 1 aliphatic rings. The van der Waals surface area contributed by atoms with Crippen molar-refractivity contribution < 1.29 is 9.21 Å². The number of rotatable bonds is 6. The van der Waals surface area contributed by atoms with Crippen molar-refractivity contribution in [1.82, 2.24) is 10.2 Å². The summed E-state index contributed by atoms with van der Waals surface area (Å²) >= 11 is 18.2. The Morgan fingerprint density at radius 3 is 2.58 bits per heavy atom. The van der Waals surface area contributed by atoms with Crippen molar-refractivity contribution in [3.8, 4) is 11.3 Å². The number of para-hydroxylation sites is 1. The van der Waals surface area contributed by atoms with Crippen molar-refractivity contribution >= 4 is 63.9 Å². The minimum Gasteiger partial charge on any atom is -0.457 e. The lowest BCUT2D eigenvalue weighted by Gasteiger charge is -2.36. The Bertz CT molecular complexity index is 1280. The minimum atomic E-state index is -0.371. The number of carbonyl (C=O) groups is 1. The maximum atomic E-state index is 12.5. The van der Waals surface area contributed by atoms with Crippen LogP contribution in [0.3, 0.4) is 0 Å². The maximum Gasteiger partial charge on any atom is 0.250 e. The van der Waals surface area contributed by atoms with Crippen LogP contribution in [0.4, 0.5) is 11.4 Å². The van der Waals surface area contributed by atoms with Crippen LogP contribution in [0.15, 0.2) is 59.0 Å². The molecule has 1 aromatic heterocycles. The number of likely N-dealkylation sites (N-methyl/N-ethyl adjacent to an activating group) is 1. The summed E-state index contributed by atoms with van der Waals surface area (Å²) in [7, 11) is 0. The lowest BCUT2D eigenvalue weighted by Crippen LogP contribution is -2.46. The Balaban J connectivity index is 1.37. The van der Waals surface area contributed by atoms with E-state index in [-0.39, 0.29) is 11.0 Å². The third-order valence-electron chi connectivity index (χ3n) is 6.09. The lowest BCUT2D eigenvalue weighted by molar-refractivity contribution is -0.115. The summed E-state index contributed by atoms with van der Waals surface area (Å²) in [5.74, 6) is 0.838. The van der Waals surface area contributed by atoms with Crippen LogP contribution in [-0.4, -0.2) is 48.6 Å². The number of benzene rings is 2. The van der Waals surface area contributed by atoms with E-state index >= 15 is 0 Å². The van der Waals surface area contributed by atoms with Crippen LogP contribution in [0.25, 0.3) is 17.4 Å². The van der Waals surface area contributed by atoms with E-state index in [1.807, 2.05) is 49.4 Å². The fourth-order valence-corrected chi connectivity index (χ4v) is 4.72. The second-order valence-electron chi connectivity index (χ2n) is 8.50. The number of hydrogen-bond acceptors (Lipinski definition) is 5. The molecule has 6 nitrogen and oxygen atoms in total. The van der Waals surface area contributed by atoms with Gasteiger partial charge in [-0.15, -0.1) is 0 Å². The number of halogens is 2. The number of furan rings is 1. The van der Waals surface area contributed by atoms with Crippen LogP contribution in [0.5, 0.6) is 0 Å². The average molecular weight is 544 g/mol. The summed E-state index contributed by atoms with van der Waals surface area (Å²) in [5.41, 5.74) is 3.52. The van der Waals surface area contributed by atoms with Gasteiger partial charge in [-0.25, -0.2) is 0 Å². The SMILES string of the molecule is CCN1CCN(c2c(Cl)cccc2NC(=S)NC(=O)/C=C/c2ccc(-c3ccc(C)c(Cl)c3)o2)CC1. The van der Waals surface area contributed by atoms with E-state index in [0.717, 1.165) is 55.2 Å². The van der Waals surface area contributed by atoms with Gasteiger partial charge in [0.25, 0.3) is 0 Å². The summed E-state index contributed by atoms with van der Waals surface area (Å²) in [6.45, 7) is 8.82. The Kier molecular flexibility index (Phi) is 8.69. The van der Waals surface area contributed by atoms with Gasteiger partial charge < -0.3 is 19.5 Å².